The van der Waals surface area contributed by atoms with Gasteiger partial charge >= 0.3 is 5.97 Å². The lowest BCUT2D eigenvalue weighted by Crippen LogP contribution is -2.44. The highest BCUT2D eigenvalue weighted by Crippen LogP contribution is 2.43. The number of aryl methyl sites for hydroxylation is 1. The van der Waals surface area contributed by atoms with Crippen molar-refractivity contribution in [3.05, 3.63) is 53.6 Å². The Morgan fingerprint density at radius 2 is 1.97 bits per heavy atom. The highest BCUT2D eigenvalue weighted by atomic mass is 32.1. The van der Waals surface area contributed by atoms with Crippen LogP contribution in [0.4, 0.5) is 5.69 Å². The Hall–Kier alpha value is -3.13. The molecule has 2 N–H and O–H groups in total. The summed E-state index contributed by atoms with van der Waals surface area (Å²) in [5.74, 6) is 0.930. The van der Waals surface area contributed by atoms with Crippen LogP contribution in [0.1, 0.15) is 56.6 Å². The van der Waals surface area contributed by atoms with Crippen molar-refractivity contribution in [2.75, 3.05) is 18.5 Å². The number of fused-ring (bicyclic) bond motifs is 1. The van der Waals surface area contributed by atoms with E-state index in [1.54, 1.807) is 6.92 Å². The maximum atomic E-state index is 11.7. The maximum Gasteiger partial charge on any atom is 0.344 e. The molecule has 0 unspecified atom stereocenters. The summed E-state index contributed by atoms with van der Waals surface area (Å²) in [7, 11) is 0. The van der Waals surface area contributed by atoms with Crippen molar-refractivity contribution in [2.45, 2.75) is 58.0 Å². The standard InChI is InChI=1S/C26H31N3O4S/c1-3-31-24(30)17-32-19-11-12-23-20(15-19)22(16-26(33-23)13-7-4-8-14-26)28-29-25(34)27-21-10-6-5-9-18(21)2/h5-6,9-12,15H,3-4,7-8,13-14,16-17H2,1-2H3,(H2,27,29,34)/b28-22-. The molecule has 1 heterocycles. The molecular weight excluding hydrogens is 450 g/mol. The first kappa shape index (κ1) is 24.0. The highest BCUT2D eigenvalue weighted by molar-refractivity contribution is 7.80. The number of nitrogens with zero attached hydrogens (tertiary/aromatic N) is 1. The molecule has 0 saturated heterocycles. The molecule has 8 heteroatoms. The number of hydrogen-bond acceptors (Lipinski definition) is 6. The van der Waals surface area contributed by atoms with Gasteiger partial charge in [-0.15, -0.1) is 0 Å². The van der Waals surface area contributed by atoms with Gasteiger partial charge in [-0.1, -0.05) is 24.6 Å². The molecule has 0 radical (unpaired) electrons. The van der Waals surface area contributed by atoms with Gasteiger partial charge in [-0.25, -0.2) is 4.79 Å². The number of hydrogen-bond donors (Lipinski definition) is 2. The number of benzene rings is 2. The van der Waals surface area contributed by atoms with Crippen molar-refractivity contribution >= 4 is 34.7 Å². The average molecular weight is 482 g/mol. The van der Waals surface area contributed by atoms with E-state index in [0.717, 1.165) is 54.0 Å². The van der Waals surface area contributed by atoms with E-state index in [9.17, 15) is 4.79 Å². The van der Waals surface area contributed by atoms with Gasteiger partial charge in [-0.3, -0.25) is 5.43 Å². The Balaban J connectivity index is 1.55. The molecule has 1 aliphatic carbocycles. The van der Waals surface area contributed by atoms with Gasteiger partial charge in [-0.05, 0) is 81.6 Å². The predicted molar refractivity (Wildman–Crippen MR) is 137 cm³/mol. The first-order valence-electron chi connectivity index (χ1n) is 11.8. The van der Waals surface area contributed by atoms with E-state index in [1.165, 1.54) is 6.42 Å². The summed E-state index contributed by atoms with van der Waals surface area (Å²) in [5, 5.41) is 8.33. The average Bonchev–Trinajstić information content (AvgIpc) is 2.83. The van der Waals surface area contributed by atoms with Gasteiger partial charge in [0, 0.05) is 17.7 Å². The van der Waals surface area contributed by atoms with Crippen LogP contribution in [-0.2, 0) is 9.53 Å². The Morgan fingerprint density at radius 1 is 1.18 bits per heavy atom. The number of carbonyl (C=O) groups excluding carboxylic acids is 1. The largest absolute Gasteiger partial charge is 0.486 e. The van der Waals surface area contributed by atoms with Crippen molar-refractivity contribution in [1.82, 2.24) is 5.43 Å². The van der Waals surface area contributed by atoms with Crippen LogP contribution in [0.25, 0.3) is 0 Å². The third-order valence-corrected chi connectivity index (χ3v) is 6.38. The van der Waals surface area contributed by atoms with Crippen molar-refractivity contribution in [3.63, 3.8) is 0 Å². The molecule has 1 spiro atoms. The quantitative estimate of drug-likeness (QED) is 0.337. The van der Waals surface area contributed by atoms with Crippen LogP contribution in [0.15, 0.2) is 47.6 Å². The molecule has 2 aromatic carbocycles. The summed E-state index contributed by atoms with van der Waals surface area (Å²) in [5.41, 5.74) is 6.50. The number of esters is 1. The number of hydrazone groups is 1. The second-order valence-corrected chi connectivity index (χ2v) is 9.12. The second kappa shape index (κ2) is 10.9. The molecule has 7 nitrogen and oxygen atoms in total. The minimum Gasteiger partial charge on any atom is -0.486 e. The highest BCUT2D eigenvalue weighted by Gasteiger charge is 2.40. The van der Waals surface area contributed by atoms with E-state index in [2.05, 4.69) is 10.7 Å². The molecule has 1 saturated carbocycles. The number of rotatable bonds is 6. The second-order valence-electron chi connectivity index (χ2n) is 8.71. The van der Waals surface area contributed by atoms with E-state index >= 15 is 0 Å². The molecule has 0 amide bonds. The Morgan fingerprint density at radius 3 is 2.74 bits per heavy atom. The lowest BCUT2D eigenvalue weighted by atomic mass is 9.78. The van der Waals surface area contributed by atoms with Crippen LogP contribution in [0.5, 0.6) is 11.5 Å². The van der Waals surface area contributed by atoms with E-state index in [-0.39, 0.29) is 12.2 Å². The smallest absolute Gasteiger partial charge is 0.344 e. The topological polar surface area (TPSA) is 81.2 Å². The maximum absolute atomic E-state index is 11.7. The fourth-order valence-electron chi connectivity index (χ4n) is 4.48. The zero-order valence-corrected chi connectivity index (χ0v) is 20.5. The summed E-state index contributed by atoms with van der Waals surface area (Å²) >= 11 is 5.49. The third kappa shape index (κ3) is 5.86. The molecular formula is C26H31N3O4S. The van der Waals surface area contributed by atoms with Crippen molar-refractivity contribution < 1.29 is 19.0 Å². The molecule has 2 aromatic rings. The Kier molecular flexibility index (Phi) is 7.67. The molecule has 0 bridgehead atoms. The summed E-state index contributed by atoms with van der Waals surface area (Å²) in [4.78, 5) is 11.7. The summed E-state index contributed by atoms with van der Waals surface area (Å²) in [6, 6.07) is 13.5. The molecule has 2 aliphatic rings. The first-order chi connectivity index (χ1) is 16.5. The molecule has 0 atom stereocenters. The molecule has 180 valence electrons. The SMILES string of the molecule is CCOC(=O)COc1ccc2c(c1)/C(=N\NC(=S)Nc1ccccc1C)CC1(CCCCC1)O2. The van der Waals surface area contributed by atoms with Crippen LogP contribution in [0, 0.1) is 6.92 Å². The number of anilines is 1. The van der Waals surface area contributed by atoms with Crippen LogP contribution in [0.2, 0.25) is 0 Å². The van der Waals surface area contributed by atoms with Crippen LogP contribution < -0.4 is 20.2 Å². The molecule has 0 aromatic heterocycles. The monoisotopic (exact) mass is 481 g/mol. The molecule has 4 rings (SSSR count). The van der Waals surface area contributed by atoms with Crippen LogP contribution in [0.3, 0.4) is 0 Å². The number of para-hydroxylation sites is 1. The third-order valence-electron chi connectivity index (χ3n) is 6.19. The fraction of sp³-hybridized carbons (Fsp3) is 0.423. The Bertz CT molecular complexity index is 1080. The number of thiocarbonyl (C=S) groups is 1. The van der Waals surface area contributed by atoms with Gasteiger partial charge < -0.3 is 19.5 Å². The van der Waals surface area contributed by atoms with Crippen molar-refractivity contribution in [3.8, 4) is 11.5 Å². The summed E-state index contributed by atoms with van der Waals surface area (Å²) in [6.07, 6.45) is 6.19. The van der Waals surface area contributed by atoms with E-state index in [0.29, 0.717) is 23.9 Å². The minimum atomic E-state index is -0.402. The fourth-order valence-corrected chi connectivity index (χ4v) is 4.64. The zero-order valence-electron chi connectivity index (χ0n) is 19.7. The molecule has 34 heavy (non-hydrogen) atoms. The van der Waals surface area contributed by atoms with Gasteiger partial charge in [0.1, 0.15) is 17.1 Å². The number of carbonyl (C=O) groups is 1. The van der Waals surface area contributed by atoms with E-state index < -0.39 is 5.97 Å². The van der Waals surface area contributed by atoms with E-state index in [1.807, 2.05) is 49.4 Å². The minimum absolute atomic E-state index is 0.146. The van der Waals surface area contributed by atoms with Crippen LogP contribution in [-0.4, -0.2) is 35.6 Å². The Labute approximate surface area is 205 Å². The zero-order chi connectivity index (χ0) is 24.0. The summed E-state index contributed by atoms with van der Waals surface area (Å²) in [6.45, 7) is 3.97. The molecule has 1 fully saturated rings. The molecule has 1 aliphatic heterocycles. The first-order valence-corrected chi connectivity index (χ1v) is 12.2. The lowest BCUT2D eigenvalue weighted by Gasteiger charge is -2.41. The summed E-state index contributed by atoms with van der Waals surface area (Å²) < 4.78 is 17.1. The number of ether oxygens (including phenoxy) is 3. The van der Waals surface area contributed by atoms with Crippen LogP contribution >= 0.6 is 12.2 Å². The normalized spacial score (nSPS) is 17.4. The van der Waals surface area contributed by atoms with Gasteiger partial charge in [0.05, 0.1) is 12.3 Å². The van der Waals surface area contributed by atoms with Gasteiger partial charge in [-0.2, -0.15) is 5.10 Å². The number of nitrogens with one attached hydrogen (secondary N) is 2. The predicted octanol–water partition coefficient (Wildman–Crippen LogP) is 5.11. The van der Waals surface area contributed by atoms with Gasteiger partial charge in [0.25, 0.3) is 0 Å². The van der Waals surface area contributed by atoms with Crippen molar-refractivity contribution in [1.29, 1.82) is 0 Å². The van der Waals surface area contributed by atoms with Gasteiger partial charge in [0.15, 0.2) is 11.7 Å². The lowest BCUT2D eigenvalue weighted by molar-refractivity contribution is -0.145. The van der Waals surface area contributed by atoms with Crippen molar-refractivity contribution in [2.24, 2.45) is 5.10 Å². The van der Waals surface area contributed by atoms with E-state index in [4.69, 9.17) is 31.5 Å². The van der Waals surface area contributed by atoms with Gasteiger partial charge in [0.2, 0.25) is 0 Å².